The molecule has 13 heavy (non-hydrogen) atoms. The summed E-state index contributed by atoms with van der Waals surface area (Å²) in [5.74, 6) is 2.20. The van der Waals surface area contributed by atoms with Crippen molar-refractivity contribution in [2.75, 3.05) is 0 Å². The summed E-state index contributed by atoms with van der Waals surface area (Å²) in [6.45, 7) is 2.48. The monoisotopic (exact) mass is 178 g/mol. The third-order valence-electron chi connectivity index (χ3n) is 4.31. The molecule has 0 N–H and O–H groups in total. The topological polar surface area (TPSA) is 0 Å². The van der Waals surface area contributed by atoms with Crippen molar-refractivity contribution in [3.05, 3.63) is 0 Å². The molecule has 2 aliphatic carbocycles. The fraction of sp³-hybridized carbons (Fsp3) is 1.00. The number of hydrogen-bond donors (Lipinski definition) is 0. The van der Waals surface area contributed by atoms with E-state index in [-0.39, 0.29) is 0 Å². The van der Waals surface area contributed by atoms with Crippen LogP contribution < -0.4 is 0 Å². The second-order valence-corrected chi connectivity index (χ2v) is 6.07. The molecule has 2 aliphatic rings. The first-order valence-corrected chi connectivity index (χ1v) is 6.17. The number of rotatable bonds is 0. The van der Waals surface area contributed by atoms with Gasteiger partial charge in [0, 0.05) is 0 Å². The van der Waals surface area contributed by atoms with Gasteiger partial charge < -0.3 is 0 Å². The lowest BCUT2D eigenvalue weighted by atomic mass is 9.62. The molecule has 0 aromatic heterocycles. The summed E-state index contributed by atoms with van der Waals surface area (Å²) < 4.78 is 0. The fourth-order valence-electron chi connectivity index (χ4n) is 3.59. The van der Waals surface area contributed by atoms with Crippen molar-refractivity contribution in [2.45, 2.75) is 63.6 Å². The Hall–Kier alpha value is 0.0649. The molecule has 0 amide bonds. The van der Waals surface area contributed by atoms with Crippen LogP contribution in [0.2, 0.25) is 5.31 Å². The van der Waals surface area contributed by atoms with Gasteiger partial charge >= 0.3 is 0 Å². The SMILES string of the molecule is BC1(C)CCCC2CCCCC2C1. The lowest BCUT2D eigenvalue weighted by Crippen LogP contribution is -2.21. The third kappa shape index (κ3) is 2.30. The van der Waals surface area contributed by atoms with E-state index in [0.717, 1.165) is 11.8 Å². The van der Waals surface area contributed by atoms with Gasteiger partial charge in [0.2, 0.25) is 0 Å². The Morgan fingerprint density at radius 1 is 1.00 bits per heavy atom. The molecule has 0 radical (unpaired) electrons. The molecule has 0 nitrogen and oxygen atoms in total. The predicted octanol–water partition coefficient (Wildman–Crippen LogP) is 3.18. The van der Waals surface area contributed by atoms with Gasteiger partial charge in [-0.25, -0.2) is 0 Å². The maximum atomic E-state index is 2.48. The van der Waals surface area contributed by atoms with Crippen molar-refractivity contribution in [3.8, 4) is 0 Å². The molecule has 3 atom stereocenters. The molecule has 0 heterocycles. The predicted molar refractivity (Wildman–Crippen MR) is 60.8 cm³/mol. The van der Waals surface area contributed by atoms with Gasteiger partial charge in [-0.15, -0.1) is 0 Å². The standard InChI is InChI=1S/C12H23B/c1-12(13)8-4-7-10-5-2-3-6-11(10)9-12/h10-11H,2-9,13H2,1H3. The van der Waals surface area contributed by atoms with Crippen molar-refractivity contribution in [3.63, 3.8) is 0 Å². The van der Waals surface area contributed by atoms with Crippen molar-refractivity contribution < 1.29 is 0 Å². The van der Waals surface area contributed by atoms with E-state index in [1.807, 2.05) is 0 Å². The molecule has 0 aromatic carbocycles. The first-order valence-electron chi connectivity index (χ1n) is 6.17. The first kappa shape index (κ1) is 9.61. The molecule has 1 heteroatoms. The Morgan fingerprint density at radius 2 is 1.62 bits per heavy atom. The molecule has 2 saturated carbocycles. The van der Waals surface area contributed by atoms with Gasteiger partial charge in [0.05, 0.1) is 0 Å². The van der Waals surface area contributed by atoms with Gasteiger partial charge in [-0.05, 0) is 11.8 Å². The quantitative estimate of drug-likeness (QED) is 0.500. The fourth-order valence-corrected chi connectivity index (χ4v) is 3.59. The normalized spacial score (nSPS) is 46.5. The van der Waals surface area contributed by atoms with Crippen molar-refractivity contribution in [2.24, 2.45) is 11.8 Å². The molecule has 0 spiro atoms. The molecule has 0 aromatic rings. The van der Waals surface area contributed by atoms with Crippen LogP contribution in [-0.2, 0) is 0 Å². The summed E-state index contributed by atoms with van der Waals surface area (Å²) in [5.41, 5.74) is 0. The third-order valence-corrected chi connectivity index (χ3v) is 4.31. The van der Waals surface area contributed by atoms with Crippen LogP contribution in [0.1, 0.15) is 58.3 Å². The molecule has 2 rings (SSSR count). The molecule has 2 fully saturated rings. The maximum absolute atomic E-state index is 2.48. The smallest absolute Gasteiger partial charge is 0.0669 e. The Balaban J connectivity index is 2.03. The Bertz CT molecular complexity index is 174. The van der Waals surface area contributed by atoms with E-state index >= 15 is 0 Å². The second kappa shape index (κ2) is 3.67. The van der Waals surface area contributed by atoms with Gasteiger partial charge in [-0.1, -0.05) is 63.6 Å². The highest BCUT2D eigenvalue weighted by molar-refractivity contribution is 6.14. The zero-order valence-electron chi connectivity index (χ0n) is 9.31. The molecular weight excluding hydrogens is 155 g/mol. The second-order valence-electron chi connectivity index (χ2n) is 6.07. The van der Waals surface area contributed by atoms with Crippen molar-refractivity contribution in [1.29, 1.82) is 0 Å². The van der Waals surface area contributed by atoms with Crippen LogP contribution in [0.15, 0.2) is 0 Å². The van der Waals surface area contributed by atoms with Crippen LogP contribution >= 0.6 is 0 Å². The van der Waals surface area contributed by atoms with Crippen LogP contribution in [0.3, 0.4) is 0 Å². The van der Waals surface area contributed by atoms with E-state index in [4.69, 9.17) is 0 Å². The van der Waals surface area contributed by atoms with E-state index in [9.17, 15) is 0 Å². The molecule has 0 bridgehead atoms. The zero-order valence-corrected chi connectivity index (χ0v) is 9.31. The van der Waals surface area contributed by atoms with E-state index in [1.165, 1.54) is 44.9 Å². The Labute approximate surface area is 83.9 Å². The molecule has 74 valence electrons. The largest absolute Gasteiger partial charge is 0.109 e. The summed E-state index contributed by atoms with van der Waals surface area (Å²) >= 11 is 0. The summed E-state index contributed by atoms with van der Waals surface area (Å²) in [6, 6.07) is 0. The summed E-state index contributed by atoms with van der Waals surface area (Å²) in [4.78, 5) is 0. The first-order chi connectivity index (χ1) is 6.17. The lowest BCUT2D eigenvalue weighted by molar-refractivity contribution is 0.215. The van der Waals surface area contributed by atoms with E-state index in [1.54, 1.807) is 6.42 Å². The Kier molecular flexibility index (Phi) is 2.71. The maximum Gasteiger partial charge on any atom is 0.109 e. The summed E-state index contributed by atoms with van der Waals surface area (Å²) in [7, 11) is 2.48. The van der Waals surface area contributed by atoms with E-state index in [0.29, 0.717) is 5.31 Å². The van der Waals surface area contributed by atoms with Gasteiger partial charge in [0.1, 0.15) is 7.85 Å². The van der Waals surface area contributed by atoms with Crippen LogP contribution in [-0.4, -0.2) is 7.85 Å². The van der Waals surface area contributed by atoms with E-state index < -0.39 is 0 Å². The van der Waals surface area contributed by atoms with Gasteiger partial charge in [-0.2, -0.15) is 0 Å². The van der Waals surface area contributed by atoms with Crippen LogP contribution in [0, 0.1) is 11.8 Å². The minimum absolute atomic E-state index is 0.650. The molecular formula is C12H23B. The average Bonchev–Trinajstić information content (AvgIpc) is 2.21. The number of fused-ring (bicyclic) bond motifs is 1. The van der Waals surface area contributed by atoms with Crippen LogP contribution in [0.25, 0.3) is 0 Å². The summed E-state index contributed by atoms with van der Waals surface area (Å²) in [6.07, 6.45) is 12.1. The van der Waals surface area contributed by atoms with Gasteiger partial charge in [0.25, 0.3) is 0 Å². The minimum atomic E-state index is 0.650. The van der Waals surface area contributed by atoms with Gasteiger partial charge in [0.15, 0.2) is 0 Å². The average molecular weight is 178 g/mol. The highest BCUT2D eigenvalue weighted by Gasteiger charge is 2.33. The van der Waals surface area contributed by atoms with E-state index in [2.05, 4.69) is 14.8 Å². The minimum Gasteiger partial charge on any atom is -0.0669 e. The molecule has 0 saturated heterocycles. The highest BCUT2D eigenvalue weighted by atomic mass is 14.4. The summed E-state index contributed by atoms with van der Waals surface area (Å²) in [5, 5.41) is 0.650. The van der Waals surface area contributed by atoms with Crippen LogP contribution in [0.4, 0.5) is 0 Å². The Morgan fingerprint density at radius 3 is 2.38 bits per heavy atom. The molecule has 0 aliphatic heterocycles. The highest BCUT2D eigenvalue weighted by Crippen LogP contribution is 2.47. The van der Waals surface area contributed by atoms with Crippen LogP contribution in [0.5, 0.6) is 0 Å². The van der Waals surface area contributed by atoms with Crippen molar-refractivity contribution >= 4 is 7.85 Å². The lowest BCUT2D eigenvalue weighted by Gasteiger charge is -2.33. The molecule has 3 unspecified atom stereocenters. The van der Waals surface area contributed by atoms with Gasteiger partial charge in [-0.3, -0.25) is 0 Å². The number of hydrogen-bond acceptors (Lipinski definition) is 0. The zero-order chi connectivity index (χ0) is 9.31. The van der Waals surface area contributed by atoms with Crippen molar-refractivity contribution in [1.82, 2.24) is 0 Å².